The van der Waals surface area contributed by atoms with Gasteiger partial charge in [0.1, 0.15) is 11.6 Å². The standard InChI is InChI=1S/C11H13F2N/c1-7-5-10(14-6-7)11-8(12)3-2-4-9(11)13/h2-4,7,10,14H,5-6H2,1H3. The van der Waals surface area contributed by atoms with E-state index in [1.54, 1.807) is 0 Å². The minimum atomic E-state index is -0.448. The van der Waals surface area contributed by atoms with Gasteiger partial charge in [0.25, 0.3) is 0 Å². The van der Waals surface area contributed by atoms with Gasteiger partial charge in [-0.1, -0.05) is 13.0 Å². The number of benzene rings is 1. The van der Waals surface area contributed by atoms with Crippen LogP contribution in [0, 0.1) is 17.6 Å². The fraction of sp³-hybridized carbons (Fsp3) is 0.455. The van der Waals surface area contributed by atoms with Gasteiger partial charge in [-0.25, -0.2) is 8.78 Å². The SMILES string of the molecule is CC1CNC(c2c(F)cccc2F)C1. The minimum Gasteiger partial charge on any atom is -0.309 e. The molecule has 2 unspecified atom stereocenters. The van der Waals surface area contributed by atoms with Crippen LogP contribution in [0.25, 0.3) is 0 Å². The van der Waals surface area contributed by atoms with Gasteiger partial charge in [0.05, 0.1) is 0 Å². The van der Waals surface area contributed by atoms with E-state index in [-0.39, 0.29) is 11.6 Å². The summed E-state index contributed by atoms with van der Waals surface area (Å²) in [7, 11) is 0. The van der Waals surface area contributed by atoms with E-state index in [9.17, 15) is 8.78 Å². The molecule has 1 nitrogen and oxygen atoms in total. The van der Waals surface area contributed by atoms with Crippen LogP contribution >= 0.6 is 0 Å². The van der Waals surface area contributed by atoms with Crippen LogP contribution in [0.1, 0.15) is 24.9 Å². The Balaban J connectivity index is 2.31. The summed E-state index contributed by atoms with van der Waals surface area (Å²) in [5.74, 6) is -0.410. The Morgan fingerprint density at radius 1 is 1.29 bits per heavy atom. The second kappa shape index (κ2) is 3.65. The molecule has 14 heavy (non-hydrogen) atoms. The van der Waals surface area contributed by atoms with Crippen LogP contribution in [0.2, 0.25) is 0 Å². The normalized spacial score (nSPS) is 26.8. The maximum Gasteiger partial charge on any atom is 0.130 e. The summed E-state index contributed by atoms with van der Waals surface area (Å²) in [6, 6.07) is 3.85. The highest BCUT2D eigenvalue weighted by molar-refractivity contribution is 5.24. The van der Waals surface area contributed by atoms with Crippen molar-refractivity contribution in [3.8, 4) is 0 Å². The van der Waals surface area contributed by atoms with Gasteiger partial charge in [0.2, 0.25) is 0 Å². The van der Waals surface area contributed by atoms with Crippen molar-refractivity contribution in [1.82, 2.24) is 5.32 Å². The number of rotatable bonds is 1. The van der Waals surface area contributed by atoms with Crippen molar-refractivity contribution >= 4 is 0 Å². The maximum absolute atomic E-state index is 13.3. The molecule has 1 saturated heterocycles. The molecular weight excluding hydrogens is 184 g/mol. The smallest absolute Gasteiger partial charge is 0.130 e. The van der Waals surface area contributed by atoms with Crippen molar-refractivity contribution < 1.29 is 8.78 Å². The molecule has 0 bridgehead atoms. The Kier molecular flexibility index (Phi) is 2.50. The molecule has 1 aliphatic rings. The van der Waals surface area contributed by atoms with Gasteiger partial charge in [-0.3, -0.25) is 0 Å². The second-order valence-electron chi connectivity index (χ2n) is 3.94. The van der Waals surface area contributed by atoms with Crippen LogP contribution in [0.3, 0.4) is 0 Å². The average molecular weight is 197 g/mol. The van der Waals surface area contributed by atoms with Crippen LogP contribution in [0.4, 0.5) is 8.78 Å². The van der Waals surface area contributed by atoms with E-state index in [1.165, 1.54) is 18.2 Å². The predicted molar refractivity (Wildman–Crippen MR) is 50.9 cm³/mol. The first-order chi connectivity index (χ1) is 6.68. The summed E-state index contributed by atoms with van der Waals surface area (Å²) in [4.78, 5) is 0. The van der Waals surface area contributed by atoms with E-state index in [0.717, 1.165) is 13.0 Å². The molecule has 0 aromatic heterocycles. The second-order valence-corrected chi connectivity index (χ2v) is 3.94. The van der Waals surface area contributed by atoms with Crippen LogP contribution in [0.5, 0.6) is 0 Å². The van der Waals surface area contributed by atoms with Crippen molar-refractivity contribution in [3.63, 3.8) is 0 Å². The largest absolute Gasteiger partial charge is 0.309 e. The van der Waals surface area contributed by atoms with Crippen LogP contribution in [-0.4, -0.2) is 6.54 Å². The van der Waals surface area contributed by atoms with E-state index in [2.05, 4.69) is 12.2 Å². The molecule has 0 amide bonds. The van der Waals surface area contributed by atoms with Crippen LogP contribution in [-0.2, 0) is 0 Å². The molecule has 0 aliphatic carbocycles. The van der Waals surface area contributed by atoms with Gasteiger partial charge in [0, 0.05) is 11.6 Å². The molecule has 1 aliphatic heterocycles. The summed E-state index contributed by atoms with van der Waals surface area (Å²) in [6.45, 7) is 2.91. The van der Waals surface area contributed by atoms with Crippen molar-refractivity contribution in [2.75, 3.05) is 6.54 Å². The highest BCUT2D eigenvalue weighted by Gasteiger charge is 2.26. The van der Waals surface area contributed by atoms with E-state index in [4.69, 9.17) is 0 Å². The van der Waals surface area contributed by atoms with Gasteiger partial charge in [-0.05, 0) is 31.0 Å². The van der Waals surface area contributed by atoms with Gasteiger partial charge < -0.3 is 5.32 Å². The van der Waals surface area contributed by atoms with Crippen molar-refractivity contribution in [1.29, 1.82) is 0 Å². The summed E-state index contributed by atoms with van der Waals surface area (Å²) in [6.07, 6.45) is 0.803. The van der Waals surface area contributed by atoms with Crippen LogP contribution in [0.15, 0.2) is 18.2 Å². The maximum atomic E-state index is 13.3. The molecular formula is C11H13F2N. The third-order valence-corrected chi connectivity index (χ3v) is 2.70. The van der Waals surface area contributed by atoms with E-state index >= 15 is 0 Å². The zero-order valence-electron chi connectivity index (χ0n) is 8.06. The molecule has 1 aromatic carbocycles. The zero-order valence-corrected chi connectivity index (χ0v) is 8.06. The van der Waals surface area contributed by atoms with Gasteiger partial charge in [0.15, 0.2) is 0 Å². The fourth-order valence-corrected chi connectivity index (χ4v) is 1.98. The lowest BCUT2D eigenvalue weighted by molar-refractivity contribution is 0.501. The van der Waals surface area contributed by atoms with Crippen molar-refractivity contribution in [2.24, 2.45) is 5.92 Å². The van der Waals surface area contributed by atoms with Crippen LogP contribution < -0.4 is 5.32 Å². The lowest BCUT2D eigenvalue weighted by Crippen LogP contribution is -2.16. The molecule has 1 N–H and O–H groups in total. The molecule has 0 saturated carbocycles. The summed E-state index contributed by atoms with van der Waals surface area (Å²) in [5, 5.41) is 3.12. The van der Waals surface area contributed by atoms with Crippen molar-refractivity contribution in [2.45, 2.75) is 19.4 Å². The average Bonchev–Trinajstić information content (AvgIpc) is 2.51. The Labute approximate surface area is 82.1 Å². The molecule has 76 valence electrons. The van der Waals surface area contributed by atoms with Gasteiger partial charge in [-0.2, -0.15) is 0 Å². The third-order valence-electron chi connectivity index (χ3n) is 2.70. The first kappa shape index (κ1) is 9.59. The topological polar surface area (TPSA) is 12.0 Å². The summed E-state index contributed by atoms with van der Waals surface area (Å²) >= 11 is 0. The summed E-state index contributed by atoms with van der Waals surface area (Å²) in [5.41, 5.74) is 0.192. The Bertz CT molecular complexity index is 318. The molecule has 1 aromatic rings. The highest BCUT2D eigenvalue weighted by atomic mass is 19.1. The number of hydrogen-bond donors (Lipinski definition) is 1. The zero-order chi connectivity index (χ0) is 10.1. The number of nitrogens with one attached hydrogen (secondary N) is 1. The van der Waals surface area contributed by atoms with Crippen molar-refractivity contribution in [3.05, 3.63) is 35.4 Å². The van der Waals surface area contributed by atoms with E-state index in [1.807, 2.05) is 0 Å². The summed E-state index contributed by atoms with van der Waals surface area (Å²) < 4.78 is 26.7. The lowest BCUT2D eigenvalue weighted by atomic mass is 10.0. The quantitative estimate of drug-likeness (QED) is 0.729. The molecule has 3 heteroatoms. The van der Waals surface area contributed by atoms with Gasteiger partial charge in [-0.15, -0.1) is 0 Å². The Morgan fingerprint density at radius 2 is 1.93 bits per heavy atom. The minimum absolute atomic E-state index is 0.161. The lowest BCUT2D eigenvalue weighted by Gasteiger charge is -2.12. The third kappa shape index (κ3) is 1.64. The number of halogens is 2. The Hall–Kier alpha value is -0.960. The molecule has 0 spiro atoms. The molecule has 0 radical (unpaired) electrons. The first-order valence-corrected chi connectivity index (χ1v) is 4.85. The first-order valence-electron chi connectivity index (χ1n) is 4.85. The highest BCUT2D eigenvalue weighted by Crippen LogP contribution is 2.30. The van der Waals surface area contributed by atoms with E-state index in [0.29, 0.717) is 5.92 Å². The monoisotopic (exact) mass is 197 g/mol. The van der Waals surface area contributed by atoms with E-state index < -0.39 is 11.6 Å². The Morgan fingerprint density at radius 3 is 2.43 bits per heavy atom. The molecule has 1 fully saturated rings. The molecule has 1 heterocycles. The molecule has 2 atom stereocenters. The number of hydrogen-bond acceptors (Lipinski definition) is 1. The predicted octanol–water partition coefficient (Wildman–Crippen LogP) is 2.64. The fourth-order valence-electron chi connectivity index (χ4n) is 1.98. The van der Waals surface area contributed by atoms with Gasteiger partial charge >= 0.3 is 0 Å². The molecule has 2 rings (SSSR count).